The molecule has 0 radical (unpaired) electrons. The van der Waals surface area contributed by atoms with Gasteiger partial charge in [-0.3, -0.25) is 9.59 Å². The summed E-state index contributed by atoms with van der Waals surface area (Å²) in [5, 5.41) is 14.5. The Morgan fingerprint density at radius 2 is 2.00 bits per heavy atom. The molecule has 2 atom stereocenters. The third-order valence-corrected chi connectivity index (χ3v) is 4.07. The second-order valence-corrected chi connectivity index (χ2v) is 5.81. The fourth-order valence-electron chi connectivity index (χ4n) is 2.49. The Morgan fingerprint density at radius 3 is 2.68 bits per heavy atom. The molecule has 3 N–H and O–H groups in total. The topological polar surface area (TPSA) is 78.4 Å². The molecule has 0 heterocycles. The number of hydrogen-bond acceptors (Lipinski definition) is 3. The third-order valence-electron chi connectivity index (χ3n) is 3.78. The number of benzene rings is 1. The van der Waals surface area contributed by atoms with Gasteiger partial charge < -0.3 is 15.7 Å². The maximum atomic E-state index is 13.0. The Morgan fingerprint density at radius 1 is 1.27 bits per heavy atom. The lowest BCUT2D eigenvalue weighted by atomic mass is 9.86. The molecule has 0 aromatic heterocycles. The van der Waals surface area contributed by atoms with Crippen LogP contribution in [0.4, 0.5) is 10.1 Å². The summed E-state index contributed by atoms with van der Waals surface area (Å²) in [6, 6.07) is 3.65. The van der Waals surface area contributed by atoms with E-state index in [2.05, 4.69) is 10.6 Å². The van der Waals surface area contributed by atoms with Crippen molar-refractivity contribution in [2.75, 3.05) is 11.9 Å². The number of amides is 2. The van der Waals surface area contributed by atoms with Gasteiger partial charge in [0, 0.05) is 18.2 Å². The quantitative estimate of drug-likeness (QED) is 0.743. The van der Waals surface area contributed by atoms with Gasteiger partial charge in [0.2, 0.25) is 0 Å². The molecule has 2 amide bonds. The lowest BCUT2D eigenvalue weighted by Gasteiger charge is -2.27. The highest BCUT2D eigenvalue weighted by Crippen LogP contribution is 2.23. The average Bonchev–Trinajstić information content (AvgIpc) is 2.50. The van der Waals surface area contributed by atoms with E-state index in [0.717, 1.165) is 31.7 Å². The lowest BCUT2D eigenvalue weighted by molar-refractivity contribution is -0.136. The van der Waals surface area contributed by atoms with Gasteiger partial charge in [-0.2, -0.15) is 0 Å². The smallest absolute Gasteiger partial charge is 0.313 e. The van der Waals surface area contributed by atoms with Gasteiger partial charge in [-0.05, 0) is 31.0 Å². The van der Waals surface area contributed by atoms with Crippen molar-refractivity contribution < 1.29 is 19.1 Å². The van der Waals surface area contributed by atoms with Crippen molar-refractivity contribution in [3.8, 4) is 0 Å². The largest absolute Gasteiger partial charge is 0.393 e. The van der Waals surface area contributed by atoms with Gasteiger partial charge in [-0.1, -0.05) is 24.4 Å². The first kappa shape index (κ1) is 16.7. The molecular formula is C15H18ClFN2O3. The van der Waals surface area contributed by atoms with Crippen LogP contribution in [0.25, 0.3) is 0 Å². The third kappa shape index (κ3) is 4.42. The molecule has 1 aromatic carbocycles. The second-order valence-electron chi connectivity index (χ2n) is 5.40. The molecule has 1 saturated carbocycles. The number of carbonyl (C=O) groups is 2. The van der Waals surface area contributed by atoms with Gasteiger partial charge in [0.1, 0.15) is 5.82 Å². The summed E-state index contributed by atoms with van der Waals surface area (Å²) in [6.07, 6.45) is 3.11. The van der Waals surface area contributed by atoms with E-state index in [1.165, 1.54) is 12.1 Å². The standard InChI is InChI=1S/C15H18ClFN2O3/c16-11-7-10(5-6-12(11)17)19-15(22)14(21)18-8-9-3-1-2-4-13(9)20/h5-7,9,13,20H,1-4,8H2,(H,18,21)(H,19,22)/t9-,13-/m1/s1. The average molecular weight is 329 g/mol. The molecule has 0 aliphatic heterocycles. The number of halogens is 2. The van der Waals surface area contributed by atoms with Crippen LogP contribution in [-0.4, -0.2) is 29.6 Å². The molecule has 2 rings (SSSR count). The molecule has 0 saturated heterocycles. The molecule has 1 fully saturated rings. The van der Waals surface area contributed by atoms with Crippen molar-refractivity contribution in [1.82, 2.24) is 5.32 Å². The Bertz CT molecular complexity index is 568. The SMILES string of the molecule is O=C(NC[C@H]1CCCC[C@H]1O)C(=O)Nc1ccc(F)c(Cl)c1. The van der Waals surface area contributed by atoms with Crippen LogP contribution < -0.4 is 10.6 Å². The van der Waals surface area contributed by atoms with Crippen LogP contribution >= 0.6 is 11.6 Å². The molecule has 1 aliphatic rings. The van der Waals surface area contributed by atoms with Crippen LogP contribution in [0.3, 0.4) is 0 Å². The summed E-state index contributed by atoms with van der Waals surface area (Å²) in [4.78, 5) is 23.5. The molecule has 1 aliphatic carbocycles. The Labute approximate surface area is 132 Å². The summed E-state index contributed by atoms with van der Waals surface area (Å²) in [5.41, 5.74) is 0.240. The number of anilines is 1. The summed E-state index contributed by atoms with van der Waals surface area (Å²) in [7, 11) is 0. The minimum Gasteiger partial charge on any atom is -0.393 e. The van der Waals surface area contributed by atoms with Crippen LogP contribution in [0.2, 0.25) is 5.02 Å². The minimum atomic E-state index is -0.854. The molecule has 0 spiro atoms. The van der Waals surface area contributed by atoms with Crippen LogP contribution in [0.1, 0.15) is 25.7 Å². The highest BCUT2D eigenvalue weighted by Gasteiger charge is 2.24. The van der Waals surface area contributed by atoms with E-state index in [4.69, 9.17) is 11.6 Å². The van der Waals surface area contributed by atoms with E-state index in [1.807, 2.05) is 0 Å². The maximum Gasteiger partial charge on any atom is 0.313 e. The summed E-state index contributed by atoms with van der Waals surface area (Å²) in [6.45, 7) is 0.262. The highest BCUT2D eigenvalue weighted by molar-refractivity contribution is 6.39. The van der Waals surface area contributed by atoms with Crippen molar-refractivity contribution in [1.29, 1.82) is 0 Å². The van der Waals surface area contributed by atoms with E-state index in [1.54, 1.807) is 0 Å². The van der Waals surface area contributed by atoms with Gasteiger partial charge in [0.15, 0.2) is 0 Å². The number of carbonyl (C=O) groups excluding carboxylic acids is 2. The maximum absolute atomic E-state index is 13.0. The van der Waals surface area contributed by atoms with E-state index < -0.39 is 23.7 Å². The molecule has 0 bridgehead atoms. The Hall–Kier alpha value is -1.66. The van der Waals surface area contributed by atoms with E-state index >= 15 is 0 Å². The predicted octanol–water partition coefficient (Wildman–Crippen LogP) is 2.08. The minimum absolute atomic E-state index is 0.0224. The predicted molar refractivity (Wildman–Crippen MR) is 81.0 cm³/mol. The normalized spacial score (nSPS) is 21.2. The summed E-state index contributed by atoms with van der Waals surface area (Å²) >= 11 is 5.60. The fraction of sp³-hybridized carbons (Fsp3) is 0.467. The lowest BCUT2D eigenvalue weighted by Crippen LogP contribution is -2.41. The zero-order chi connectivity index (χ0) is 16.1. The molecular weight excluding hydrogens is 311 g/mol. The van der Waals surface area contributed by atoms with E-state index in [-0.39, 0.29) is 23.2 Å². The van der Waals surface area contributed by atoms with Crippen LogP contribution in [-0.2, 0) is 9.59 Å². The second kappa shape index (κ2) is 7.56. The molecule has 120 valence electrons. The van der Waals surface area contributed by atoms with Gasteiger partial charge in [-0.25, -0.2) is 4.39 Å². The zero-order valence-electron chi connectivity index (χ0n) is 11.9. The Kier molecular flexibility index (Phi) is 5.74. The van der Waals surface area contributed by atoms with Crippen molar-refractivity contribution in [3.05, 3.63) is 29.0 Å². The summed E-state index contributed by atoms with van der Waals surface area (Å²) < 4.78 is 13.0. The van der Waals surface area contributed by atoms with Gasteiger partial charge in [0.05, 0.1) is 11.1 Å². The first-order chi connectivity index (χ1) is 10.5. The van der Waals surface area contributed by atoms with Gasteiger partial charge >= 0.3 is 11.8 Å². The first-order valence-electron chi connectivity index (χ1n) is 7.19. The number of hydrogen-bond donors (Lipinski definition) is 3. The van der Waals surface area contributed by atoms with Crippen LogP contribution in [0.5, 0.6) is 0 Å². The number of nitrogens with one attached hydrogen (secondary N) is 2. The van der Waals surface area contributed by atoms with Crippen LogP contribution in [0.15, 0.2) is 18.2 Å². The number of rotatable bonds is 3. The van der Waals surface area contributed by atoms with Crippen molar-refractivity contribution in [2.24, 2.45) is 5.92 Å². The molecule has 22 heavy (non-hydrogen) atoms. The first-order valence-corrected chi connectivity index (χ1v) is 7.57. The van der Waals surface area contributed by atoms with Crippen molar-refractivity contribution >= 4 is 29.1 Å². The molecule has 5 nitrogen and oxygen atoms in total. The van der Waals surface area contributed by atoms with Crippen LogP contribution in [0, 0.1) is 11.7 Å². The summed E-state index contributed by atoms with van der Waals surface area (Å²) in [5.74, 6) is -2.27. The van der Waals surface area contributed by atoms with Gasteiger partial charge in [0.25, 0.3) is 0 Å². The molecule has 7 heteroatoms. The number of aliphatic hydroxyl groups is 1. The van der Waals surface area contributed by atoms with Gasteiger partial charge in [-0.15, -0.1) is 0 Å². The van der Waals surface area contributed by atoms with Crippen molar-refractivity contribution in [2.45, 2.75) is 31.8 Å². The zero-order valence-corrected chi connectivity index (χ0v) is 12.7. The van der Waals surface area contributed by atoms with Crippen molar-refractivity contribution in [3.63, 3.8) is 0 Å². The van der Waals surface area contributed by atoms with E-state index in [0.29, 0.717) is 0 Å². The Balaban J connectivity index is 1.84. The molecule has 1 aromatic rings. The molecule has 0 unspecified atom stereocenters. The van der Waals surface area contributed by atoms with E-state index in [9.17, 15) is 19.1 Å². The monoisotopic (exact) mass is 328 g/mol. The number of aliphatic hydroxyl groups excluding tert-OH is 1. The fourth-order valence-corrected chi connectivity index (χ4v) is 2.67. The highest BCUT2D eigenvalue weighted by atomic mass is 35.5.